The first-order valence-electron chi connectivity index (χ1n) is 8.05. The van der Waals surface area contributed by atoms with Gasteiger partial charge in [0.1, 0.15) is 5.82 Å². The molecule has 1 unspecified atom stereocenters. The second-order valence-corrected chi connectivity index (χ2v) is 5.40. The van der Waals surface area contributed by atoms with Gasteiger partial charge in [-0.3, -0.25) is 9.89 Å². The molecule has 2 N–H and O–H groups in total. The van der Waals surface area contributed by atoms with Crippen LogP contribution >= 0.6 is 0 Å². The van der Waals surface area contributed by atoms with E-state index in [4.69, 9.17) is 0 Å². The molecule has 21 heavy (non-hydrogen) atoms. The molecular weight excluding hydrogens is 266 g/mol. The summed E-state index contributed by atoms with van der Waals surface area (Å²) in [7, 11) is 0. The molecule has 1 atom stereocenters. The summed E-state index contributed by atoms with van der Waals surface area (Å²) in [4.78, 5) is 18.6. The molecule has 0 aromatic carbocycles. The van der Waals surface area contributed by atoms with Crippen molar-refractivity contribution in [3.05, 3.63) is 11.6 Å². The predicted octanol–water partition coefficient (Wildman–Crippen LogP) is 2.00. The molecule has 0 fully saturated rings. The van der Waals surface area contributed by atoms with Crippen molar-refractivity contribution in [3.63, 3.8) is 0 Å². The van der Waals surface area contributed by atoms with E-state index in [-0.39, 0.29) is 17.8 Å². The van der Waals surface area contributed by atoms with Gasteiger partial charge in [0.05, 0.1) is 0 Å². The quantitative estimate of drug-likeness (QED) is 0.692. The standard InChI is InChI=1S/C15H29N5O/c1-5-9-13-17-14(19-18-13)15(21)16-12(4)10-8-11-20(6-2)7-3/h12H,5-11H2,1-4H3,(H,16,21)(H,17,18,19). The fourth-order valence-electron chi connectivity index (χ4n) is 2.27. The maximum absolute atomic E-state index is 12.0. The molecule has 0 aliphatic carbocycles. The van der Waals surface area contributed by atoms with E-state index in [1.165, 1.54) is 0 Å². The number of aromatic amines is 1. The second kappa shape index (κ2) is 9.50. The molecule has 0 aliphatic rings. The van der Waals surface area contributed by atoms with Crippen LogP contribution < -0.4 is 5.32 Å². The zero-order valence-electron chi connectivity index (χ0n) is 13.8. The molecule has 6 heteroatoms. The molecule has 0 spiro atoms. The van der Waals surface area contributed by atoms with Crippen LogP contribution in [0.25, 0.3) is 0 Å². The Balaban J connectivity index is 2.32. The minimum Gasteiger partial charge on any atom is -0.347 e. The number of rotatable bonds is 10. The van der Waals surface area contributed by atoms with Gasteiger partial charge in [0.25, 0.3) is 5.91 Å². The van der Waals surface area contributed by atoms with Crippen molar-refractivity contribution in [2.75, 3.05) is 19.6 Å². The van der Waals surface area contributed by atoms with Crippen LogP contribution in [0.15, 0.2) is 0 Å². The lowest BCUT2D eigenvalue weighted by molar-refractivity contribution is 0.0927. The van der Waals surface area contributed by atoms with Crippen LogP contribution in [0.5, 0.6) is 0 Å². The molecule has 0 saturated heterocycles. The Kier molecular flexibility index (Phi) is 7.97. The van der Waals surface area contributed by atoms with Crippen molar-refractivity contribution in [2.45, 2.75) is 59.4 Å². The summed E-state index contributed by atoms with van der Waals surface area (Å²) < 4.78 is 0. The van der Waals surface area contributed by atoms with Crippen molar-refractivity contribution >= 4 is 5.91 Å². The molecule has 0 bridgehead atoms. The third-order valence-corrected chi connectivity index (χ3v) is 3.61. The zero-order chi connectivity index (χ0) is 15.7. The van der Waals surface area contributed by atoms with E-state index in [2.05, 4.69) is 46.2 Å². The fraction of sp³-hybridized carbons (Fsp3) is 0.800. The smallest absolute Gasteiger partial charge is 0.291 e. The van der Waals surface area contributed by atoms with E-state index >= 15 is 0 Å². The zero-order valence-corrected chi connectivity index (χ0v) is 13.8. The topological polar surface area (TPSA) is 73.9 Å². The fourth-order valence-corrected chi connectivity index (χ4v) is 2.27. The number of H-pyrrole nitrogens is 1. The number of amides is 1. The highest BCUT2D eigenvalue weighted by molar-refractivity contribution is 5.90. The highest BCUT2D eigenvalue weighted by Crippen LogP contribution is 2.02. The Morgan fingerprint density at radius 3 is 2.67 bits per heavy atom. The number of aromatic nitrogens is 3. The SMILES string of the molecule is CCCc1nc(C(=O)NC(C)CCCN(CC)CC)n[nH]1. The minimum atomic E-state index is -0.191. The van der Waals surface area contributed by atoms with Crippen LogP contribution in [0.2, 0.25) is 0 Å². The normalized spacial score (nSPS) is 12.6. The Morgan fingerprint density at radius 2 is 2.05 bits per heavy atom. The van der Waals surface area contributed by atoms with Gasteiger partial charge >= 0.3 is 0 Å². The number of nitrogens with zero attached hydrogens (tertiary/aromatic N) is 3. The number of nitrogens with one attached hydrogen (secondary N) is 2. The largest absolute Gasteiger partial charge is 0.347 e. The maximum atomic E-state index is 12.0. The third-order valence-electron chi connectivity index (χ3n) is 3.61. The summed E-state index contributed by atoms with van der Waals surface area (Å²) >= 11 is 0. The lowest BCUT2D eigenvalue weighted by atomic mass is 10.1. The van der Waals surface area contributed by atoms with E-state index < -0.39 is 0 Å². The van der Waals surface area contributed by atoms with Crippen molar-refractivity contribution in [2.24, 2.45) is 0 Å². The van der Waals surface area contributed by atoms with Crippen molar-refractivity contribution in [1.82, 2.24) is 25.4 Å². The first kappa shape index (κ1) is 17.6. The minimum absolute atomic E-state index is 0.140. The van der Waals surface area contributed by atoms with Crippen molar-refractivity contribution in [3.8, 4) is 0 Å². The van der Waals surface area contributed by atoms with Crippen molar-refractivity contribution < 1.29 is 4.79 Å². The summed E-state index contributed by atoms with van der Waals surface area (Å²) in [6, 6.07) is 0.140. The van der Waals surface area contributed by atoms with Gasteiger partial charge in [-0.2, -0.15) is 0 Å². The molecule has 0 radical (unpaired) electrons. The Labute approximate surface area is 127 Å². The van der Waals surface area contributed by atoms with Gasteiger partial charge in [0.2, 0.25) is 5.82 Å². The first-order valence-corrected chi connectivity index (χ1v) is 8.05. The molecule has 0 saturated carbocycles. The second-order valence-electron chi connectivity index (χ2n) is 5.40. The molecular formula is C15H29N5O. The summed E-state index contributed by atoms with van der Waals surface area (Å²) in [5, 5.41) is 9.73. The van der Waals surface area contributed by atoms with Gasteiger partial charge in [-0.25, -0.2) is 4.98 Å². The van der Waals surface area contributed by atoms with Gasteiger partial charge in [0.15, 0.2) is 0 Å². The molecule has 0 aliphatic heterocycles. The molecule has 1 heterocycles. The van der Waals surface area contributed by atoms with E-state index in [9.17, 15) is 4.79 Å². The predicted molar refractivity (Wildman–Crippen MR) is 84.3 cm³/mol. The Morgan fingerprint density at radius 1 is 1.33 bits per heavy atom. The van der Waals surface area contributed by atoms with Crippen LogP contribution in [0.3, 0.4) is 0 Å². The summed E-state index contributed by atoms with van der Waals surface area (Å²) in [5.41, 5.74) is 0. The average molecular weight is 295 g/mol. The Bertz CT molecular complexity index is 414. The van der Waals surface area contributed by atoms with E-state index in [1.807, 2.05) is 6.92 Å². The molecule has 6 nitrogen and oxygen atoms in total. The van der Waals surface area contributed by atoms with Crippen molar-refractivity contribution in [1.29, 1.82) is 0 Å². The first-order chi connectivity index (χ1) is 10.1. The molecule has 1 amide bonds. The number of carbonyl (C=O) groups is 1. The number of hydrogen-bond acceptors (Lipinski definition) is 4. The van der Waals surface area contributed by atoms with Gasteiger partial charge in [0, 0.05) is 12.5 Å². The van der Waals surface area contributed by atoms with Crippen LogP contribution in [-0.2, 0) is 6.42 Å². The van der Waals surface area contributed by atoms with Gasteiger partial charge < -0.3 is 10.2 Å². The lowest BCUT2D eigenvalue weighted by Gasteiger charge is -2.19. The average Bonchev–Trinajstić information content (AvgIpc) is 2.93. The lowest BCUT2D eigenvalue weighted by Crippen LogP contribution is -2.34. The van der Waals surface area contributed by atoms with Crippen LogP contribution in [0.4, 0.5) is 0 Å². The number of hydrogen-bond donors (Lipinski definition) is 2. The molecule has 1 aromatic heterocycles. The summed E-state index contributed by atoms with van der Waals surface area (Å²) in [5.74, 6) is 0.829. The van der Waals surface area contributed by atoms with Crippen LogP contribution in [0.1, 0.15) is 63.4 Å². The highest BCUT2D eigenvalue weighted by atomic mass is 16.2. The number of aryl methyl sites for hydroxylation is 1. The van der Waals surface area contributed by atoms with Gasteiger partial charge in [-0.1, -0.05) is 20.8 Å². The maximum Gasteiger partial charge on any atom is 0.291 e. The molecule has 1 rings (SSSR count). The highest BCUT2D eigenvalue weighted by Gasteiger charge is 2.14. The molecule has 1 aromatic rings. The molecule has 120 valence electrons. The Hall–Kier alpha value is -1.43. The number of carbonyl (C=O) groups excluding carboxylic acids is 1. The van der Waals surface area contributed by atoms with E-state index in [1.54, 1.807) is 0 Å². The third kappa shape index (κ3) is 6.25. The van der Waals surface area contributed by atoms with Gasteiger partial charge in [-0.15, -0.1) is 5.10 Å². The summed E-state index contributed by atoms with van der Waals surface area (Å²) in [6.45, 7) is 11.7. The van der Waals surface area contributed by atoms with Crippen LogP contribution in [0, 0.1) is 0 Å². The van der Waals surface area contributed by atoms with E-state index in [0.29, 0.717) is 0 Å². The van der Waals surface area contributed by atoms with Crippen LogP contribution in [-0.4, -0.2) is 51.7 Å². The van der Waals surface area contributed by atoms with Gasteiger partial charge in [-0.05, 0) is 45.8 Å². The van der Waals surface area contributed by atoms with E-state index in [0.717, 1.165) is 51.1 Å². The monoisotopic (exact) mass is 295 g/mol. The summed E-state index contributed by atoms with van der Waals surface area (Å²) in [6.07, 6.45) is 3.85.